The molecule has 1 N–H and O–H groups in total. The minimum absolute atomic E-state index is 0.000848. The molecule has 0 aliphatic carbocycles. The van der Waals surface area contributed by atoms with Crippen molar-refractivity contribution in [3.8, 4) is 11.8 Å². The van der Waals surface area contributed by atoms with Crippen molar-refractivity contribution in [1.29, 1.82) is 5.26 Å². The van der Waals surface area contributed by atoms with Gasteiger partial charge in [-0.2, -0.15) is 5.26 Å². The van der Waals surface area contributed by atoms with E-state index in [-0.39, 0.29) is 28.3 Å². The molecule has 0 spiro atoms. The number of rotatable bonds is 5. The SMILES string of the molecule is CCCCc1nc2ncc(F)cn2c1C(=O)c1ccc(O)c(C#N)c1. The van der Waals surface area contributed by atoms with E-state index in [1.54, 1.807) is 0 Å². The fraction of sp³-hybridized carbons (Fsp3) is 0.222. The molecule has 1 aromatic carbocycles. The smallest absolute Gasteiger partial charge is 0.234 e. The van der Waals surface area contributed by atoms with Gasteiger partial charge in [0.25, 0.3) is 0 Å². The number of aromatic hydroxyl groups is 1. The van der Waals surface area contributed by atoms with Gasteiger partial charge in [-0.1, -0.05) is 13.3 Å². The number of carbonyl (C=O) groups excluding carboxylic acids is 1. The standard InChI is InChI=1S/C18H15FN4O2/c1-2-3-4-14-16(23-10-13(19)9-21-18(23)22-14)17(25)11-5-6-15(24)12(7-11)8-20/h5-7,9-10,24H,2-4H2,1H3. The number of carbonyl (C=O) groups is 1. The number of hydrogen-bond donors (Lipinski definition) is 1. The Bertz CT molecular complexity index is 1000. The van der Waals surface area contributed by atoms with Crippen LogP contribution in [0.15, 0.2) is 30.6 Å². The number of nitriles is 1. The first-order chi connectivity index (χ1) is 12.0. The van der Waals surface area contributed by atoms with Crippen LogP contribution in [0, 0.1) is 17.1 Å². The molecule has 0 atom stereocenters. The second-order valence-electron chi connectivity index (χ2n) is 5.63. The van der Waals surface area contributed by atoms with Crippen molar-refractivity contribution in [2.24, 2.45) is 0 Å². The molecule has 0 radical (unpaired) electrons. The monoisotopic (exact) mass is 338 g/mol. The van der Waals surface area contributed by atoms with E-state index in [0.29, 0.717) is 12.1 Å². The molecule has 6 nitrogen and oxygen atoms in total. The molecule has 0 saturated heterocycles. The maximum atomic E-state index is 13.6. The third-order valence-corrected chi connectivity index (χ3v) is 3.88. The number of benzene rings is 1. The van der Waals surface area contributed by atoms with Crippen LogP contribution in [0.25, 0.3) is 5.78 Å². The number of unbranched alkanes of at least 4 members (excludes halogenated alkanes) is 1. The molecule has 126 valence electrons. The molecule has 25 heavy (non-hydrogen) atoms. The molecule has 0 saturated carbocycles. The topological polar surface area (TPSA) is 91.3 Å². The number of phenols is 1. The summed E-state index contributed by atoms with van der Waals surface area (Å²) in [6.07, 6.45) is 4.52. The van der Waals surface area contributed by atoms with Gasteiger partial charge < -0.3 is 5.11 Å². The van der Waals surface area contributed by atoms with Gasteiger partial charge in [0.15, 0.2) is 5.82 Å². The number of fused-ring (bicyclic) bond motifs is 1. The summed E-state index contributed by atoms with van der Waals surface area (Å²) >= 11 is 0. The van der Waals surface area contributed by atoms with E-state index in [4.69, 9.17) is 5.26 Å². The van der Waals surface area contributed by atoms with Crippen LogP contribution in [-0.2, 0) is 6.42 Å². The van der Waals surface area contributed by atoms with E-state index in [1.807, 2.05) is 13.0 Å². The van der Waals surface area contributed by atoms with E-state index in [1.165, 1.54) is 28.8 Å². The Kier molecular flexibility index (Phi) is 4.44. The fourth-order valence-electron chi connectivity index (χ4n) is 2.62. The third-order valence-electron chi connectivity index (χ3n) is 3.88. The van der Waals surface area contributed by atoms with Gasteiger partial charge in [0.2, 0.25) is 11.6 Å². The predicted octanol–water partition coefficient (Wildman–Crippen LogP) is 3.02. The zero-order chi connectivity index (χ0) is 18.0. The fourth-order valence-corrected chi connectivity index (χ4v) is 2.62. The highest BCUT2D eigenvalue weighted by Gasteiger charge is 2.22. The number of imidazole rings is 1. The van der Waals surface area contributed by atoms with Crippen molar-refractivity contribution in [3.63, 3.8) is 0 Å². The summed E-state index contributed by atoms with van der Waals surface area (Å²) in [4.78, 5) is 21.3. The molecular formula is C18H15FN4O2. The Morgan fingerprint density at radius 1 is 1.44 bits per heavy atom. The molecule has 0 amide bonds. The maximum Gasteiger partial charge on any atom is 0.234 e. The lowest BCUT2D eigenvalue weighted by Crippen LogP contribution is -2.09. The third kappa shape index (κ3) is 3.06. The van der Waals surface area contributed by atoms with Crippen molar-refractivity contribution < 1.29 is 14.3 Å². The van der Waals surface area contributed by atoms with E-state index in [2.05, 4.69) is 9.97 Å². The quantitative estimate of drug-likeness (QED) is 0.722. The van der Waals surface area contributed by atoms with Gasteiger partial charge in [0.05, 0.1) is 23.7 Å². The van der Waals surface area contributed by atoms with Gasteiger partial charge >= 0.3 is 0 Å². The molecule has 0 bridgehead atoms. The molecule has 0 unspecified atom stereocenters. The summed E-state index contributed by atoms with van der Waals surface area (Å²) in [5.41, 5.74) is 0.985. The summed E-state index contributed by atoms with van der Waals surface area (Å²) in [6.45, 7) is 2.02. The Morgan fingerprint density at radius 2 is 2.24 bits per heavy atom. The van der Waals surface area contributed by atoms with Gasteiger partial charge in [0, 0.05) is 5.56 Å². The Morgan fingerprint density at radius 3 is 2.96 bits per heavy atom. The highest BCUT2D eigenvalue weighted by Crippen LogP contribution is 2.22. The van der Waals surface area contributed by atoms with Crippen molar-refractivity contribution in [2.45, 2.75) is 26.2 Å². The van der Waals surface area contributed by atoms with E-state index < -0.39 is 11.6 Å². The zero-order valence-electron chi connectivity index (χ0n) is 13.5. The van der Waals surface area contributed by atoms with Crippen LogP contribution in [0.1, 0.15) is 47.1 Å². The van der Waals surface area contributed by atoms with E-state index in [0.717, 1.165) is 19.0 Å². The zero-order valence-corrected chi connectivity index (χ0v) is 13.5. The normalized spacial score (nSPS) is 10.8. The van der Waals surface area contributed by atoms with Crippen molar-refractivity contribution >= 4 is 11.6 Å². The summed E-state index contributed by atoms with van der Waals surface area (Å²) in [5.74, 6) is -0.932. The second-order valence-corrected chi connectivity index (χ2v) is 5.63. The predicted molar refractivity (Wildman–Crippen MR) is 87.8 cm³/mol. The van der Waals surface area contributed by atoms with Gasteiger partial charge in [-0.3, -0.25) is 9.20 Å². The van der Waals surface area contributed by atoms with Crippen molar-refractivity contribution in [3.05, 3.63) is 58.9 Å². The molecular weight excluding hydrogens is 323 g/mol. The Hall–Kier alpha value is -3.27. The summed E-state index contributed by atoms with van der Waals surface area (Å²) in [7, 11) is 0. The summed E-state index contributed by atoms with van der Waals surface area (Å²) in [6, 6.07) is 5.86. The Labute approximate surface area is 143 Å². The van der Waals surface area contributed by atoms with Crippen LogP contribution >= 0.6 is 0 Å². The van der Waals surface area contributed by atoms with Gasteiger partial charge in [-0.05, 0) is 31.0 Å². The van der Waals surface area contributed by atoms with Crippen LogP contribution in [0.4, 0.5) is 4.39 Å². The average molecular weight is 338 g/mol. The molecule has 0 aliphatic rings. The van der Waals surface area contributed by atoms with Gasteiger partial charge in [-0.15, -0.1) is 0 Å². The van der Waals surface area contributed by atoms with Gasteiger partial charge in [0.1, 0.15) is 17.5 Å². The lowest BCUT2D eigenvalue weighted by Gasteiger charge is -2.05. The minimum Gasteiger partial charge on any atom is -0.507 e. The molecule has 2 aromatic heterocycles. The van der Waals surface area contributed by atoms with Crippen LogP contribution in [-0.4, -0.2) is 25.3 Å². The molecule has 0 aliphatic heterocycles. The number of hydrogen-bond acceptors (Lipinski definition) is 5. The first kappa shape index (κ1) is 16.6. The van der Waals surface area contributed by atoms with E-state index >= 15 is 0 Å². The minimum atomic E-state index is -0.579. The summed E-state index contributed by atoms with van der Waals surface area (Å²) in [5, 5.41) is 18.7. The van der Waals surface area contributed by atoms with Gasteiger partial charge in [-0.25, -0.2) is 14.4 Å². The first-order valence-corrected chi connectivity index (χ1v) is 7.85. The number of aryl methyl sites for hydroxylation is 1. The van der Waals surface area contributed by atoms with Crippen LogP contribution in [0.3, 0.4) is 0 Å². The molecule has 3 aromatic rings. The number of phenolic OH excluding ortho intramolecular Hbond substituents is 1. The van der Waals surface area contributed by atoms with Crippen LogP contribution < -0.4 is 0 Å². The number of nitrogens with zero attached hydrogens (tertiary/aromatic N) is 4. The van der Waals surface area contributed by atoms with Crippen molar-refractivity contribution in [1.82, 2.24) is 14.4 Å². The van der Waals surface area contributed by atoms with Crippen LogP contribution in [0.2, 0.25) is 0 Å². The van der Waals surface area contributed by atoms with Crippen LogP contribution in [0.5, 0.6) is 5.75 Å². The first-order valence-electron chi connectivity index (χ1n) is 7.85. The molecule has 3 rings (SSSR count). The molecule has 0 fully saturated rings. The maximum absolute atomic E-state index is 13.6. The summed E-state index contributed by atoms with van der Waals surface area (Å²) < 4.78 is 15.0. The van der Waals surface area contributed by atoms with Crippen molar-refractivity contribution in [2.75, 3.05) is 0 Å². The molecule has 2 heterocycles. The number of halogens is 1. The highest BCUT2D eigenvalue weighted by molar-refractivity contribution is 6.09. The van der Waals surface area contributed by atoms with E-state index in [9.17, 15) is 14.3 Å². The lowest BCUT2D eigenvalue weighted by atomic mass is 10.0. The Balaban J connectivity index is 2.17. The highest BCUT2D eigenvalue weighted by atomic mass is 19.1. The number of ketones is 1. The average Bonchev–Trinajstić information content (AvgIpc) is 2.97. The number of aromatic nitrogens is 3. The largest absolute Gasteiger partial charge is 0.507 e. The second kappa shape index (κ2) is 6.69. The lowest BCUT2D eigenvalue weighted by molar-refractivity contribution is 0.103. The molecule has 7 heteroatoms.